The number of nitro benzene ring substituents is 1. The molecule has 0 radical (unpaired) electrons. The van der Waals surface area contributed by atoms with Gasteiger partial charge in [-0.3, -0.25) is 10.1 Å². The summed E-state index contributed by atoms with van der Waals surface area (Å²) in [6.07, 6.45) is 0. The van der Waals surface area contributed by atoms with E-state index in [0.29, 0.717) is 5.57 Å². The molecule has 0 saturated heterocycles. The number of nitrogens with zero attached hydrogens (tertiary/aromatic N) is 1. The first-order valence-electron chi connectivity index (χ1n) is 4.24. The van der Waals surface area contributed by atoms with Crippen LogP contribution in [0.3, 0.4) is 0 Å². The van der Waals surface area contributed by atoms with Crippen molar-refractivity contribution in [2.75, 3.05) is 12.5 Å². The van der Waals surface area contributed by atoms with E-state index in [0.717, 1.165) is 0 Å². The number of alkyl halides is 1. The van der Waals surface area contributed by atoms with Crippen molar-refractivity contribution in [2.24, 2.45) is 0 Å². The molecule has 15 heavy (non-hydrogen) atoms. The Balaban J connectivity index is 2.76. The van der Waals surface area contributed by atoms with E-state index >= 15 is 0 Å². The van der Waals surface area contributed by atoms with Gasteiger partial charge in [0, 0.05) is 11.9 Å². The maximum absolute atomic E-state index is 10.6. The molecule has 0 fully saturated rings. The summed E-state index contributed by atoms with van der Waals surface area (Å²) in [5.41, 5.74) is 0.620. The van der Waals surface area contributed by atoms with Crippen LogP contribution >= 0.6 is 11.6 Å². The Hall–Kier alpha value is -1.55. The summed E-state index contributed by atoms with van der Waals surface area (Å²) in [5.74, 6) is 0.509. The van der Waals surface area contributed by atoms with Gasteiger partial charge in [-0.15, -0.1) is 11.6 Å². The van der Waals surface area contributed by atoms with Gasteiger partial charge in [-0.25, -0.2) is 0 Å². The molecular formula is C10H10ClNO3. The zero-order chi connectivity index (χ0) is 11.3. The summed E-state index contributed by atoms with van der Waals surface area (Å²) in [5, 5.41) is 10.6. The Bertz CT molecular complexity index is 379. The summed E-state index contributed by atoms with van der Waals surface area (Å²) in [6, 6.07) is 6.19. The maximum atomic E-state index is 10.6. The van der Waals surface area contributed by atoms with Crippen LogP contribution in [0.4, 0.5) is 5.69 Å². The van der Waals surface area contributed by atoms with Crippen LogP contribution in [0, 0.1) is 10.1 Å². The van der Waals surface area contributed by atoms with Crippen LogP contribution in [0.2, 0.25) is 0 Å². The van der Waals surface area contributed by atoms with Crippen molar-refractivity contribution < 1.29 is 9.66 Å². The zero-order valence-electron chi connectivity index (χ0n) is 7.98. The third-order valence-corrected chi connectivity index (χ3v) is 2.06. The predicted octanol–water partition coefficient (Wildman–Crippen LogP) is 2.77. The molecule has 1 aromatic rings. The van der Waals surface area contributed by atoms with Crippen molar-refractivity contribution in [2.45, 2.75) is 0 Å². The molecular weight excluding hydrogens is 218 g/mol. The summed E-state index contributed by atoms with van der Waals surface area (Å²) in [4.78, 5) is 10.1. The molecule has 5 heteroatoms. The highest BCUT2D eigenvalue weighted by molar-refractivity contribution is 6.19. The fourth-order valence-electron chi connectivity index (χ4n) is 0.948. The number of hydrogen-bond acceptors (Lipinski definition) is 3. The van der Waals surface area contributed by atoms with Crippen LogP contribution in [-0.4, -0.2) is 17.4 Å². The SMILES string of the molecule is C=C(CCl)COc1ccccc1[N+](=O)[O-]. The second-order valence-electron chi connectivity index (χ2n) is 2.90. The van der Waals surface area contributed by atoms with Crippen LogP contribution in [0.5, 0.6) is 5.75 Å². The first-order chi connectivity index (χ1) is 7.15. The molecule has 1 rings (SSSR count). The number of hydrogen-bond donors (Lipinski definition) is 0. The molecule has 0 heterocycles. The van der Waals surface area contributed by atoms with E-state index in [1.54, 1.807) is 18.2 Å². The molecule has 0 aliphatic carbocycles. The van der Waals surface area contributed by atoms with E-state index in [1.165, 1.54) is 6.07 Å². The number of nitro groups is 1. The zero-order valence-corrected chi connectivity index (χ0v) is 8.74. The van der Waals surface area contributed by atoms with E-state index in [1.807, 2.05) is 0 Å². The van der Waals surface area contributed by atoms with Crippen molar-refractivity contribution in [3.8, 4) is 5.75 Å². The van der Waals surface area contributed by atoms with Gasteiger partial charge in [0.05, 0.1) is 4.92 Å². The van der Waals surface area contributed by atoms with Gasteiger partial charge in [-0.2, -0.15) is 0 Å². The first-order valence-corrected chi connectivity index (χ1v) is 4.77. The lowest BCUT2D eigenvalue weighted by atomic mass is 10.3. The third kappa shape index (κ3) is 3.25. The molecule has 0 aliphatic heterocycles. The van der Waals surface area contributed by atoms with Crippen molar-refractivity contribution in [1.29, 1.82) is 0 Å². The number of halogens is 1. The highest BCUT2D eigenvalue weighted by Gasteiger charge is 2.13. The molecule has 0 saturated carbocycles. The highest BCUT2D eigenvalue weighted by Crippen LogP contribution is 2.25. The topological polar surface area (TPSA) is 52.4 Å². The molecule has 0 aromatic heterocycles. The molecule has 0 aliphatic rings. The highest BCUT2D eigenvalue weighted by atomic mass is 35.5. The minimum absolute atomic E-state index is 0.0557. The van der Waals surface area contributed by atoms with E-state index in [-0.39, 0.29) is 23.9 Å². The van der Waals surface area contributed by atoms with Crippen LogP contribution in [0.1, 0.15) is 0 Å². The monoisotopic (exact) mass is 227 g/mol. The van der Waals surface area contributed by atoms with E-state index in [9.17, 15) is 10.1 Å². The third-order valence-electron chi connectivity index (χ3n) is 1.68. The summed E-state index contributed by atoms with van der Waals surface area (Å²) in [7, 11) is 0. The Morgan fingerprint density at radius 1 is 1.53 bits per heavy atom. The lowest BCUT2D eigenvalue weighted by molar-refractivity contribution is -0.385. The van der Waals surface area contributed by atoms with Crippen molar-refractivity contribution in [1.82, 2.24) is 0 Å². The maximum Gasteiger partial charge on any atom is 0.310 e. The average molecular weight is 228 g/mol. The van der Waals surface area contributed by atoms with Crippen molar-refractivity contribution >= 4 is 17.3 Å². The number of benzene rings is 1. The van der Waals surface area contributed by atoms with Crippen LogP contribution < -0.4 is 4.74 Å². The van der Waals surface area contributed by atoms with Crippen LogP contribution in [-0.2, 0) is 0 Å². The minimum atomic E-state index is -0.487. The minimum Gasteiger partial charge on any atom is -0.482 e. The van der Waals surface area contributed by atoms with E-state index in [4.69, 9.17) is 16.3 Å². The first kappa shape index (κ1) is 11.5. The second kappa shape index (κ2) is 5.36. The number of ether oxygens (including phenoxy) is 1. The van der Waals surface area contributed by atoms with E-state index < -0.39 is 4.92 Å². The van der Waals surface area contributed by atoms with Gasteiger partial charge in [-0.1, -0.05) is 18.7 Å². The lowest BCUT2D eigenvalue weighted by Crippen LogP contribution is -2.03. The quantitative estimate of drug-likeness (QED) is 0.336. The Morgan fingerprint density at radius 3 is 2.80 bits per heavy atom. The molecule has 0 amide bonds. The van der Waals surface area contributed by atoms with E-state index in [2.05, 4.69) is 6.58 Å². The standard InChI is InChI=1S/C10H10ClNO3/c1-8(6-11)7-15-10-5-3-2-4-9(10)12(13)14/h2-5H,1,6-7H2. The van der Waals surface area contributed by atoms with Gasteiger partial charge in [0.15, 0.2) is 5.75 Å². The van der Waals surface area contributed by atoms with Crippen molar-refractivity contribution in [3.63, 3.8) is 0 Å². The van der Waals surface area contributed by atoms with Crippen LogP contribution in [0.25, 0.3) is 0 Å². The van der Waals surface area contributed by atoms with Gasteiger partial charge in [0.1, 0.15) is 6.61 Å². The fourth-order valence-corrected chi connectivity index (χ4v) is 1.03. The molecule has 1 aromatic carbocycles. The van der Waals surface area contributed by atoms with Gasteiger partial charge >= 0.3 is 5.69 Å². The smallest absolute Gasteiger partial charge is 0.310 e. The molecule has 0 spiro atoms. The van der Waals surface area contributed by atoms with Gasteiger partial charge in [-0.05, 0) is 11.6 Å². The molecule has 0 N–H and O–H groups in total. The van der Waals surface area contributed by atoms with Gasteiger partial charge in [0.2, 0.25) is 0 Å². The molecule has 0 bridgehead atoms. The average Bonchev–Trinajstić information content (AvgIpc) is 2.26. The summed E-state index contributed by atoms with van der Waals surface area (Å²) < 4.78 is 5.23. The molecule has 4 nitrogen and oxygen atoms in total. The predicted molar refractivity (Wildman–Crippen MR) is 58.5 cm³/mol. The normalized spacial score (nSPS) is 9.67. The second-order valence-corrected chi connectivity index (χ2v) is 3.16. The number of rotatable bonds is 5. The molecule has 0 unspecified atom stereocenters. The van der Waals surface area contributed by atoms with Gasteiger partial charge in [0.25, 0.3) is 0 Å². The Morgan fingerprint density at radius 2 is 2.20 bits per heavy atom. The molecule has 0 atom stereocenters. The Labute approximate surface area is 92.3 Å². The fraction of sp³-hybridized carbons (Fsp3) is 0.200. The van der Waals surface area contributed by atoms with Crippen molar-refractivity contribution in [3.05, 3.63) is 46.5 Å². The number of para-hydroxylation sites is 2. The lowest BCUT2D eigenvalue weighted by Gasteiger charge is -2.06. The summed E-state index contributed by atoms with van der Waals surface area (Å²) >= 11 is 5.51. The Kier molecular flexibility index (Phi) is 4.12. The van der Waals surface area contributed by atoms with Crippen LogP contribution in [0.15, 0.2) is 36.4 Å². The molecule has 80 valence electrons. The van der Waals surface area contributed by atoms with Gasteiger partial charge < -0.3 is 4.74 Å². The summed E-state index contributed by atoms with van der Waals surface area (Å²) in [6.45, 7) is 3.82. The largest absolute Gasteiger partial charge is 0.482 e.